The molecule has 294 valence electrons. The van der Waals surface area contributed by atoms with Crippen LogP contribution in [-0.2, 0) is 32.7 Å². The molecule has 6 N–H and O–H groups in total. The van der Waals surface area contributed by atoms with Crippen LogP contribution in [0.4, 0.5) is 0 Å². The Morgan fingerprint density at radius 2 is 1.91 bits per heavy atom. The summed E-state index contributed by atoms with van der Waals surface area (Å²) in [6.07, 6.45) is 0.802. The van der Waals surface area contributed by atoms with Crippen LogP contribution < -0.4 is 30.0 Å². The Morgan fingerprint density at radius 1 is 1.12 bits per heavy atom. The molecule has 56 heavy (non-hydrogen) atoms. The van der Waals surface area contributed by atoms with E-state index in [1.165, 1.54) is 18.7 Å². The number of aryl methyl sites for hydroxylation is 1. The number of carbonyl (C=O) groups excluding carboxylic acids is 2. The van der Waals surface area contributed by atoms with Gasteiger partial charge >= 0.3 is 11.9 Å². The van der Waals surface area contributed by atoms with Crippen molar-refractivity contribution >= 4 is 34.6 Å². The zero-order valence-electron chi connectivity index (χ0n) is 31.9. The molecule has 1 spiro atoms. The standard InChI is InChI=1S/C41H45N5O9S/c1-18-10-21-12-40(50)15-45(4)30(27(21)32(48)33(18)51-5)31-37-29-28(36-35(53-17-54-36)19(2)34(29)55-20(3)47)26(46(31)40)14-52-39(49)41(16-56-37)38-24(11-22(13-42)44-41)23-8-6-7-9-25(23)43-38/h6-10,22,26,30-31,37,43-44,48,50H,11-17,42H2,1-5H3/t22-,26?,30?,31-,37-,40?,41-/m1/s1. The molecule has 8 aliphatic rings. The topological polar surface area (TPSA) is 181 Å². The number of phenolic OH excluding ortho intramolecular Hbond substituents is 1. The number of fused-ring (bicyclic) bond motifs is 8. The molecular weight excluding hydrogens is 739 g/mol. The van der Waals surface area contributed by atoms with Crippen LogP contribution in [0.15, 0.2) is 30.3 Å². The fourth-order valence-electron chi connectivity index (χ4n) is 10.8. The van der Waals surface area contributed by atoms with Gasteiger partial charge in [-0.25, -0.2) is 4.79 Å². The summed E-state index contributed by atoms with van der Waals surface area (Å²) in [5.74, 6) is 0.875. The van der Waals surface area contributed by atoms with Crippen molar-refractivity contribution in [3.63, 3.8) is 0 Å². The van der Waals surface area contributed by atoms with E-state index in [-0.39, 0.29) is 43.9 Å². The lowest BCUT2D eigenvalue weighted by Gasteiger charge is -2.60. The van der Waals surface area contributed by atoms with Crippen LogP contribution in [0.1, 0.15) is 68.9 Å². The molecule has 0 amide bonds. The normalized spacial score (nSPS) is 31.3. The minimum atomic E-state index is -1.50. The summed E-state index contributed by atoms with van der Waals surface area (Å²) in [6, 6.07) is 7.94. The lowest BCUT2D eigenvalue weighted by Crippen LogP contribution is -2.70. The smallest absolute Gasteiger partial charge is 0.333 e. The molecule has 2 saturated heterocycles. The van der Waals surface area contributed by atoms with Crippen molar-refractivity contribution in [1.29, 1.82) is 0 Å². The Balaban J connectivity index is 1.26. The second-order valence-corrected chi connectivity index (χ2v) is 17.2. The Labute approximate surface area is 327 Å². The SMILES string of the molecule is COc1c(C)cc2c(c1O)C1[C@@H]3[C@@H]4SC[C@]5(N[C@@H](CN)Cc6c5[nH]c5ccccc65)C(=O)OCC(c5c6c(c(C)c(OC(C)=O)c54)OCO6)N3C(O)(C2)CN1C. The van der Waals surface area contributed by atoms with Gasteiger partial charge in [-0.1, -0.05) is 24.3 Å². The molecule has 15 heteroatoms. The van der Waals surface area contributed by atoms with Gasteiger partial charge in [-0.05, 0) is 50.1 Å². The number of ether oxygens (including phenoxy) is 5. The molecule has 3 aromatic carbocycles. The van der Waals surface area contributed by atoms with E-state index in [1.54, 1.807) is 7.11 Å². The van der Waals surface area contributed by atoms with Gasteiger partial charge in [0, 0.05) is 77.4 Å². The van der Waals surface area contributed by atoms with E-state index in [0.29, 0.717) is 58.2 Å². The van der Waals surface area contributed by atoms with Gasteiger partial charge in [-0.15, -0.1) is 11.8 Å². The number of nitrogens with one attached hydrogen (secondary N) is 2. The number of aliphatic hydroxyl groups is 1. The number of esters is 2. The number of carbonyl (C=O) groups is 2. The maximum Gasteiger partial charge on any atom is 0.333 e. The molecule has 1 aromatic heterocycles. The van der Waals surface area contributed by atoms with Gasteiger partial charge in [-0.3, -0.25) is 19.9 Å². The van der Waals surface area contributed by atoms with E-state index >= 15 is 4.79 Å². The average Bonchev–Trinajstić information content (AvgIpc) is 3.76. The molecule has 0 saturated carbocycles. The van der Waals surface area contributed by atoms with E-state index in [1.807, 2.05) is 45.2 Å². The van der Waals surface area contributed by atoms with E-state index in [4.69, 9.17) is 29.4 Å². The highest BCUT2D eigenvalue weighted by atomic mass is 32.2. The molecule has 9 heterocycles. The molecular formula is C41H45N5O9S. The minimum Gasteiger partial charge on any atom is -0.504 e. The van der Waals surface area contributed by atoms with E-state index in [2.05, 4.69) is 26.2 Å². The van der Waals surface area contributed by atoms with E-state index < -0.39 is 46.6 Å². The van der Waals surface area contributed by atoms with Crippen molar-refractivity contribution in [2.45, 2.75) is 74.3 Å². The number of aromatic hydroxyl groups is 1. The van der Waals surface area contributed by atoms with Gasteiger partial charge in [0.1, 0.15) is 18.1 Å². The maximum absolute atomic E-state index is 15.0. The number of likely N-dealkylation sites (N-methyl/N-ethyl adjacent to an activating group) is 1. The second kappa shape index (κ2) is 12.5. The van der Waals surface area contributed by atoms with Gasteiger partial charge in [-0.2, -0.15) is 0 Å². The summed E-state index contributed by atoms with van der Waals surface area (Å²) in [5, 5.41) is 29.4. The molecule has 14 nitrogen and oxygen atoms in total. The number of phenols is 1. The first kappa shape index (κ1) is 35.9. The average molecular weight is 784 g/mol. The molecule has 12 rings (SSSR count). The number of hydrogen-bond donors (Lipinski definition) is 5. The first-order valence-corrected chi connectivity index (χ1v) is 20.1. The molecule has 2 fully saturated rings. The third-order valence-corrected chi connectivity index (χ3v) is 14.3. The Morgan fingerprint density at radius 3 is 2.68 bits per heavy atom. The predicted octanol–water partition coefficient (Wildman–Crippen LogP) is 3.51. The van der Waals surface area contributed by atoms with Crippen molar-refractivity contribution in [3.05, 3.63) is 75.0 Å². The van der Waals surface area contributed by atoms with Crippen molar-refractivity contribution in [1.82, 2.24) is 20.1 Å². The largest absolute Gasteiger partial charge is 0.504 e. The summed E-state index contributed by atoms with van der Waals surface area (Å²) in [5.41, 5.74) is 10.4. The summed E-state index contributed by atoms with van der Waals surface area (Å²) >= 11 is 1.52. The highest BCUT2D eigenvalue weighted by Crippen LogP contribution is 2.65. The van der Waals surface area contributed by atoms with Crippen LogP contribution in [0, 0.1) is 13.8 Å². The highest BCUT2D eigenvalue weighted by Gasteiger charge is 2.64. The number of rotatable bonds is 3. The molecule has 4 aromatic rings. The van der Waals surface area contributed by atoms with Gasteiger partial charge in [0.2, 0.25) is 6.79 Å². The number of methoxy groups -OCH3 is 1. The fraction of sp³-hybridized carbons (Fsp3) is 0.463. The summed E-state index contributed by atoms with van der Waals surface area (Å²) in [4.78, 5) is 35.8. The van der Waals surface area contributed by atoms with Crippen molar-refractivity contribution in [2.24, 2.45) is 5.73 Å². The first-order chi connectivity index (χ1) is 26.9. The van der Waals surface area contributed by atoms with Gasteiger partial charge < -0.3 is 44.6 Å². The zero-order chi connectivity index (χ0) is 39.0. The third kappa shape index (κ3) is 4.75. The number of nitrogens with two attached hydrogens (primary N) is 1. The van der Waals surface area contributed by atoms with E-state index in [9.17, 15) is 15.0 Å². The Kier molecular flexibility index (Phi) is 8.00. The number of thioether (sulfide) groups is 1. The summed E-state index contributed by atoms with van der Waals surface area (Å²) in [7, 11) is 3.50. The zero-order valence-corrected chi connectivity index (χ0v) is 32.7. The van der Waals surface area contributed by atoms with Crippen molar-refractivity contribution < 1.29 is 43.5 Å². The van der Waals surface area contributed by atoms with Gasteiger partial charge in [0.15, 0.2) is 28.5 Å². The van der Waals surface area contributed by atoms with Gasteiger partial charge in [0.05, 0.1) is 30.1 Å². The fourth-order valence-corrected chi connectivity index (χ4v) is 12.5. The van der Waals surface area contributed by atoms with Crippen LogP contribution in [0.25, 0.3) is 10.9 Å². The molecule has 0 aliphatic carbocycles. The van der Waals surface area contributed by atoms with Crippen LogP contribution in [0.3, 0.4) is 0 Å². The number of aromatic nitrogens is 1. The number of para-hydroxylation sites is 1. The molecule has 0 radical (unpaired) electrons. The number of benzene rings is 3. The third-order valence-electron chi connectivity index (χ3n) is 12.9. The van der Waals surface area contributed by atoms with Crippen molar-refractivity contribution in [3.8, 4) is 28.7 Å². The van der Waals surface area contributed by atoms with E-state index in [0.717, 1.165) is 33.3 Å². The Hall–Kier alpha value is -4.51. The molecule has 8 aliphatic heterocycles. The molecule has 4 bridgehead atoms. The van der Waals surface area contributed by atoms with Crippen LogP contribution in [0.5, 0.6) is 28.7 Å². The summed E-state index contributed by atoms with van der Waals surface area (Å²) < 4.78 is 30.8. The van der Waals surface area contributed by atoms with Crippen molar-refractivity contribution in [2.75, 3.05) is 46.4 Å². The number of hydrogen-bond acceptors (Lipinski definition) is 14. The Bertz CT molecular complexity index is 2370. The lowest BCUT2D eigenvalue weighted by molar-refractivity contribution is -0.215. The number of nitrogens with zero attached hydrogens (tertiary/aromatic N) is 2. The van der Waals surface area contributed by atoms with Crippen LogP contribution in [0.2, 0.25) is 0 Å². The van der Waals surface area contributed by atoms with Gasteiger partial charge in [0.25, 0.3) is 0 Å². The number of piperazine rings is 1. The monoisotopic (exact) mass is 783 g/mol. The second-order valence-electron chi connectivity index (χ2n) is 16.1. The maximum atomic E-state index is 15.0. The molecule has 8 atom stereocenters. The highest BCUT2D eigenvalue weighted by molar-refractivity contribution is 7.99. The predicted molar refractivity (Wildman–Crippen MR) is 206 cm³/mol. The van der Waals surface area contributed by atoms with Crippen LogP contribution >= 0.6 is 11.8 Å². The molecule has 4 unspecified atom stereocenters. The van der Waals surface area contributed by atoms with Crippen LogP contribution in [-0.4, -0.2) is 101 Å². The number of H-pyrrole nitrogens is 1. The quantitative estimate of drug-likeness (QED) is 0.151. The summed E-state index contributed by atoms with van der Waals surface area (Å²) in [6.45, 7) is 5.39. The lowest BCUT2D eigenvalue weighted by atomic mass is 9.78. The minimum absolute atomic E-state index is 0.0241. The first-order valence-electron chi connectivity index (χ1n) is 19.0. The number of aromatic amines is 1.